The predicted octanol–water partition coefficient (Wildman–Crippen LogP) is 3.33. The van der Waals surface area contributed by atoms with Gasteiger partial charge in [-0.2, -0.15) is 0 Å². The minimum Gasteiger partial charge on any atom is -0.489 e. The molecule has 0 saturated carbocycles. The molecule has 1 aliphatic rings. The molecule has 2 aromatic rings. The molecule has 1 heterocycles. The van der Waals surface area contributed by atoms with E-state index in [9.17, 15) is 9.59 Å². The van der Waals surface area contributed by atoms with Crippen LogP contribution < -0.4 is 15.4 Å². The molecule has 0 radical (unpaired) electrons. The molecule has 1 saturated heterocycles. The predicted molar refractivity (Wildman–Crippen MR) is 112 cm³/mol. The molecule has 158 valence electrons. The minimum absolute atomic E-state index is 0.142. The maximum atomic E-state index is 12.6. The Balaban J connectivity index is 1.67. The molecular weight excluding hydrogens is 384 g/mol. The highest BCUT2D eigenvalue weighted by molar-refractivity contribution is 5.85. The van der Waals surface area contributed by atoms with Crippen LogP contribution in [0.25, 0.3) is 0 Å². The summed E-state index contributed by atoms with van der Waals surface area (Å²) in [6, 6.07) is 16.1. The standard InChI is InChI=1S/C23H26N2O5/c1-3-28-13-14-29-22(26)20-16(2)24-23(27)25-21(20)18-9-11-19(12-10-18)30-15-17-7-5-4-6-8-17/h4-12,20-21H,2-3,13-15H2,1H3,(H2,24,25,27)/t20-,21-/m1/s1. The third kappa shape index (κ3) is 5.61. The molecule has 1 aliphatic heterocycles. The average molecular weight is 410 g/mol. The fourth-order valence-electron chi connectivity index (χ4n) is 3.19. The summed E-state index contributed by atoms with van der Waals surface area (Å²) in [5.41, 5.74) is 2.12. The van der Waals surface area contributed by atoms with Crippen LogP contribution in [0.15, 0.2) is 66.9 Å². The number of rotatable bonds is 9. The lowest BCUT2D eigenvalue weighted by Gasteiger charge is -2.33. The Hall–Kier alpha value is -3.32. The van der Waals surface area contributed by atoms with Crippen LogP contribution in [0.5, 0.6) is 5.75 Å². The second-order valence-corrected chi connectivity index (χ2v) is 6.79. The summed E-state index contributed by atoms with van der Waals surface area (Å²) in [5.74, 6) is -0.528. The molecule has 0 spiro atoms. The zero-order valence-corrected chi connectivity index (χ0v) is 16.9. The van der Waals surface area contributed by atoms with Crippen LogP contribution in [0.4, 0.5) is 4.79 Å². The van der Waals surface area contributed by atoms with Gasteiger partial charge in [0.25, 0.3) is 0 Å². The smallest absolute Gasteiger partial charge is 0.319 e. The van der Waals surface area contributed by atoms with E-state index in [0.29, 0.717) is 31.3 Å². The summed E-state index contributed by atoms with van der Waals surface area (Å²) >= 11 is 0. The first-order chi connectivity index (χ1) is 14.6. The van der Waals surface area contributed by atoms with Gasteiger partial charge in [0.2, 0.25) is 0 Å². The lowest BCUT2D eigenvalue weighted by atomic mass is 9.89. The SMILES string of the molecule is C=C1NC(=O)N[C@H](c2ccc(OCc3ccccc3)cc2)[C@@H]1C(=O)OCCOCC. The fraction of sp³-hybridized carbons (Fsp3) is 0.304. The van der Waals surface area contributed by atoms with Gasteiger partial charge in [-0.3, -0.25) is 4.79 Å². The number of nitrogens with one attached hydrogen (secondary N) is 2. The Bertz CT molecular complexity index is 867. The fourth-order valence-corrected chi connectivity index (χ4v) is 3.19. The molecule has 2 aromatic carbocycles. The number of ether oxygens (including phenoxy) is 3. The second-order valence-electron chi connectivity index (χ2n) is 6.79. The first-order valence-electron chi connectivity index (χ1n) is 9.86. The van der Waals surface area contributed by atoms with Crippen molar-refractivity contribution in [3.05, 3.63) is 78.0 Å². The van der Waals surface area contributed by atoms with Crippen LogP contribution >= 0.6 is 0 Å². The van der Waals surface area contributed by atoms with Crippen LogP contribution in [-0.4, -0.2) is 31.8 Å². The summed E-state index contributed by atoms with van der Waals surface area (Å²) in [4.78, 5) is 24.6. The topological polar surface area (TPSA) is 85.9 Å². The zero-order valence-electron chi connectivity index (χ0n) is 16.9. The molecule has 30 heavy (non-hydrogen) atoms. The van der Waals surface area contributed by atoms with Crippen molar-refractivity contribution >= 4 is 12.0 Å². The highest BCUT2D eigenvalue weighted by Gasteiger charge is 2.38. The van der Waals surface area contributed by atoms with Gasteiger partial charge in [0, 0.05) is 12.3 Å². The molecular formula is C23H26N2O5. The normalized spacial score (nSPS) is 18.3. The van der Waals surface area contributed by atoms with Gasteiger partial charge in [0.15, 0.2) is 0 Å². The molecule has 2 atom stereocenters. The number of esters is 1. The van der Waals surface area contributed by atoms with Crippen molar-refractivity contribution in [2.45, 2.75) is 19.6 Å². The van der Waals surface area contributed by atoms with Crippen molar-refractivity contribution in [3.8, 4) is 5.75 Å². The van der Waals surface area contributed by atoms with E-state index < -0.39 is 24.0 Å². The van der Waals surface area contributed by atoms with Gasteiger partial charge in [0.05, 0.1) is 12.6 Å². The molecule has 0 aromatic heterocycles. The maximum Gasteiger partial charge on any atom is 0.319 e. The third-order valence-corrected chi connectivity index (χ3v) is 4.69. The molecule has 0 aliphatic carbocycles. The van der Waals surface area contributed by atoms with Gasteiger partial charge < -0.3 is 24.8 Å². The highest BCUT2D eigenvalue weighted by atomic mass is 16.6. The van der Waals surface area contributed by atoms with E-state index in [-0.39, 0.29) is 6.61 Å². The van der Waals surface area contributed by atoms with E-state index in [0.717, 1.165) is 11.1 Å². The lowest BCUT2D eigenvalue weighted by molar-refractivity contribution is -0.150. The number of amides is 2. The van der Waals surface area contributed by atoms with E-state index in [1.807, 2.05) is 61.5 Å². The molecule has 2 amide bonds. The van der Waals surface area contributed by atoms with Gasteiger partial charge in [-0.25, -0.2) is 4.79 Å². The Morgan fingerprint density at radius 2 is 1.80 bits per heavy atom. The van der Waals surface area contributed by atoms with Gasteiger partial charge in [-0.05, 0) is 30.2 Å². The average Bonchev–Trinajstić information content (AvgIpc) is 2.76. The minimum atomic E-state index is -0.750. The molecule has 7 nitrogen and oxygen atoms in total. The largest absolute Gasteiger partial charge is 0.489 e. The lowest BCUT2D eigenvalue weighted by Crippen LogP contribution is -2.51. The van der Waals surface area contributed by atoms with E-state index in [1.165, 1.54) is 0 Å². The second kappa shape index (κ2) is 10.5. The summed E-state index contributed by atoms with van der Waals surface area (Å²) in [7, 11) is 0. The summed E-state index contributed by atoms with van der Waals surface area (Å²) in [5, 5.41) is 5.35. The molecule has 3 rings (SSSR count). The van der Waals surface area contributed by atoms with Gasteiger partial charge in [0.1, 0.15) is 24.9 Å². The van der Waals surface area contributed by atoms with Gasteiger partial charge in [-0.1, -0.05) is 49.0 Å². The van der Waals surface area contributed by atoms with Crippen molar-refractivity contribution in [1.82, 2.24) is 10.6 Å². The number of hydrogen-bond acceptors (Lipinski definition) is 5. The van der Waals surface area contributed by atoms with Crippen LogP contribution in [-0.2, 0) is 20.9 Å². The van der Waals surface area contributed by atoms with Crippen LogP contribution in [0.1, 0.15) is 24.1 Å². The Kier molecular flexibility index (Phi) is 7.45. The maximum absolute atomic E-state index is 12.6. The van der Waals surface area contributed by atoms with Crippen LogP contribution in [0, 0.1) is 5.92 Å². The van der Waals surface area contributed by atoms with E-state index in [1.54, 1.807) is 0 Å². The molecule has 1 fully saturated rings. The van der Waals surface area contributed by atoms with Gasteiger partial charge in [-0.15, -0.1) is 0 Å². The Morgan fingerprint density at radius 1 is 1.07 bits per heavy atom. The Labute approximate surface area is 176 Å². The van der Waals surface area contributed by atoms with Crippen LogP contribution in [0.3, 0.4) is 0 Å². The Morgan fingerprint density at radius 3 is 2.50 bits per heavy atom. The first kappa shape index (κ1) is 21.4. The molecule has 2 N–H and O–H groups in total. The molecule has 0 bridgehead atoms. The van der Waals surface area contributed by atoms with Crippen molar-refractivity contribution in [1.29, 1.82) is 0 Å². The monoisotopic (exact) mass is 410 g/mol. The molecule has 7 heteroatoms. The van der Waals surface area contributed by atoms with Gasteiger partial charge >= 0.3 is 12.0 Å². The van der Waals surface area contributed by atoms with E-state index in [2.05, 4.69) is 17.2 Å². The summed E-state index contributed by atoms with van der Waals surface area (Å²) in [6.45, 7) is 7.17. The number of carbonyl (C=O) groups is 2. The van der Waals surface area contributed by atoms with Crippen LogP contribution in [0.2, 0.25) is 0 Å². The number of benzene rings is 2. The zero-order chi connectivity index (χ0) is 21.3. The van der Waals surface area contributed by atoms with Crippen molar-refractivity contribution in [2.24, 2.45) is 5.92 Å². The third-order valence-electron chi connectivity index (χ3n) is 4.69. The van der Waals surface area contributed by atoms with Crippen molar-refractivity contribution < 1.29 is 23.8 Å². The summed E-state index contributed by atoms with van der Waals surface area (Å²) in [6.07, 6.45) is 0. The molecule has 0 unspecified atom stereocenters. The first-order valence-corrected chi connectivity index (χ1v) is 9.86. The quantitative estimate of drug-likeness (QED) is 0.489. The number of carbonyl (C=O) groups excluding carboxylic acids is 2. The van der Waals surface area contributed by atoms with E-state index >= 15 is 0 Å². The number of urea groups is 1. The van der Waals surface area contributed by atoms with E-state index in [4.69, 9.17) is 14.2 Å². The summed E-state index contributed by atoms with van der Waals surface area (Å²) < 4.78 is 16.3. The number of hydrogen-bond donors (Lipinski definition) is 2. The highest BCUT2D eigenvalue weighted by Crippen LogP contribution is 2.31. The van der Waals surface area contributed by atoms with Crippen molar-refractivity contribution in [2.75, 3.05) is 19.8 Å². The van der Waals surface area contributed by atoms with Crippen molar-refractivity contribution in [3.63, 3.8) is 0 Å².